The van der Waals surface area contributed by atoms with Crippen LogP contribution in [0.1, 0.15) is 20.3 Å². The fraction of sp³-hybridized carbons (Fsp3) is 0.818. The van der Waals surface area contributed by atoms with Crippen LogP contribution in [-0.2, 0) is 9.59 Å². The summed E-state index contributed by atoms with van der Waals surface area (Å²) in [5, 5.41) is 23.7. The molecule has 0 saturated heterocycles. The van der Waals surface area contributed by atoms with Gasteiger partial charge >= 0.3 is 0 Å². The number of hydrogen-bond acceptors (Lipinski definition) is 7. The van der Waals surface area contributed by atoms with Gasteiger partial charge in [-0.3, -0.25) is 9.59 Å². The first kappa shape index (κ1) is 22.2. The molecule has 9 heteroatoms. The van der Waals surface area contributed by atoms with Crippen molar-refractivity contribution < 1.29 is 19.8 Å². The van der Waals surface area contributed by atoms with Gasteiger partial charge in [0.25, 0.3) is 0 Å². The number of amides is 2. The van der Waals surface area contributed by atoms with Gasteiger partial charge in [0.05, 0.1) is 6.61 Å². The van der Waals surface area contributed by atoms with Crippen LogP contribution in [-0.4, -0.2) is 53.6 Å². The van der Waals surface area contributed by atoms with Gasteiger partial charge in [0, 0.05) is 30.7 Å². The molecule has 2 amide bonds. The number of thiol groups is 3. The first-order valence-electron chi connectivity index (χ1n) is 5.99. The van der Waals surface area contributed by atoms with Gasteiger partial charge in [-0.1, -0.05) is 13.8 Å². The van der Waals surface area contributed by atoms with Crippen LogP contribution in [0.25, 0.3) is 0 Å². The molecule has 0 radical (unpaired) electrons. The molecule has 0 saturated carbocycles. The quantitative estimate of drug-likeness (QED) is 0.242. The highest BCUT2D eigenvalue weighted by molar-refractivity contribution is 8.59. The average Bonchev–Trinajstić information content (AvgIpc) is 2.46. The van der Waals surface area contributed by atoms with E-state index < -0.39 is 17.4 Å². The van der Waals surface area contributed by atoms with E-state index in [0.29, 0.717) is 12.3 Å². The maximum atomic E-state index is 11.5. The average molecular weight is 345 g/mol. The van der Waals surface area contributed by atoms with Crippen molar-refractivity contribution in [2.75, 3.05) is 25.4 Å². The Labute approximate surface area is 135 Å². The third-order valence-electron chi connectivity index (χ3n) is 2.48. The van der Waals surface area contributed by atoms with Crippen molar-refractivity contribution >= 4 is 47.8 Å². The highest BCUT2D eigenvalue weighted by Crippen LogP contribution is 2.19. The number of rotatable bonds is 8. The van der Waals surface area contributed by atoms with E-state index in [1.807, 2.05) is 0 Å². The van der Waals surface area contributed by atoms with E-state index in [1.165, 1.54) is 0 Å². The highest BCUT2D eigenvalue weighted by Gasteiger charge is 2.32. The number of carbonyl (C=O) groups excluding carboxylic acids is 2. The third-order valence-corrected chi connectivity index (χ3v) is 2.70. The van der Waals surface area contributed by atoms with Gasteiger partial charge < -0.3 is 20.8 Å². The van der Waals surface area contributed by atoms with Crippen molar-refractivity contribution in [2.24, 2.45) is 5.41 Å². The number of aliphatic hydroxyl groups is 2. The standard InChI is InChI=1S/C11H22N2O4S.H2S2/c1-11(2,7-14)9(16)10(17)13-4-3-8(15)12-5-6-18;1-2/h9,14,16,18H,3-7H2,1-2H3,(H,12,15)(H,13,17);1-2H. The smallest absolute Gasteiger partial charge is 0.249 e. The number of aliphatic hydroxyl groups excluding tert-OH is 2. The van der Waals surface area contributed by atoms with E-state index in [2.05, 4.69) is 46.6 Å². The predicted molar refractivity (Wildman–Crippen MR) is 89.3 cm³/mol. The van der Waals surface area contributed by atoms with Crippen molar-refractivity contribution in [2.45, 2.75) is 26.4 Å². The van der Waals surface area contributed by atoms with Crippen LogP contribution in [0.2, 0.25) is 0 Å². The Kier molecular flexibility index (Phi) is 14.0. The van der Waals surface area contributed by atoms with Gasteiger partial charge in [-0.2, -0.15) is 12.6 Å². The molecule has 20 heavy (non-hydrogen) atoms. The van der Waals surface area contributed by atoms with Crippen molar-refractivity contribution in [3.8, 4) is 0 Å². The Morgan fingerprint density at radius 2 is 1.75 bits per heavy atom. The molecule has 1 atom stereocenters. The van der Waals surface area contributed by atoms with Crippen LogP contribution in [0.5, 0.6) is 0 Å². The lowest BCUT2D eigenvalue weighted by Gasteiger charge is -2.27. The molecular formula is C11H24N2O4S3. The monoisotopic (exact) mass is 344 g/mol. The predicted octanol–water partition coefficient (Wildman–Crippen LogP) is -0.321. The van der Waals surface area contributed by atoms with Crippen molar-refractivity contribution in [1.29, 1.82) is 0 Å². The highest BCUT2D eigenvalue weighted by atomic mass is 33.1. The molecule has 0 aliphatic carbocycles. The van der Waals surface area contributed by atoms with E-state index in [1.54, 1.807) is 13.8 Å². The SMILES string of the molecule is CC(C)(CO)C(O)C(=O)NCCC(=O)NCCS.SS. The summed E-state index contributed by atoms with van der Waals surface area (Å²) in [6.45, 7) is 3.49. The van der Waals surface area contributed by atoms with E-state index in [-0.39, 0.29) is 25.5 Å². The molecular weight excluding hydrogens is 320 g/mol. The van der Waals surface area contributed by atoms with Crippen molar-refractivity contribution in [3.05, 3.63) is 0 Å². The van der Waals surface area contributed by atoms with Crippen molar-refractivity contribution in [1.82, 2.24) is 10.6 Å². The summed E-state index contributed by atoms with van der Waals surface area (Å²) in [7, 11) is 0. The second-order valence-corrected chi connectivity index (χ2v) is 5.11. The molecule has 0 bridgehead atoms. The third kappa shape index (κ3) is 9.76. The second-order valence-electron chi connectivity index (χ2n) is 4.66. The lowest BCUT2D eigenvalue weighted by molar-refractivity contribution is -0.137. The minimum absolute atomic E-state index is 0.145. The van der Waals surface area contributed by atoms with Gasteiger partial charge in [0.2, 0.25) is 11.8 Å². The molecule has 120 valence electrons. The molecule has 0 spiro atoms. The summed E-state index contributed by atoms with van der Waals surface area (Å²) >= 11 is 10.4. The molecule has 0 rings (SSSR count). The number of nitrogens with one attached hydrogen (secondary N) is 2. The normalized spacial score (nSPS) is 11.9. The molecule has 1 unspecified atom stereocenters. The van der Waals surface area contributed by atoms with Crippen molar-refractivity contribution in [3.63, 3.8) is 0 Å². The minimum Gasteiger partial charge on any atom is -0.396 e. The van der Waals surface area contributed by atoms with Crippen LogP contribution in [0, 0.1) is 5.41 Å². The van der Waals surface area contributed by atoms with Crippen LogP contribution >= 0.6 is 36.0 Å². The summed E-state index contributed by atoms with van der Waals surface area (Å²) in [5.41, 5.74) is -0.904. The first-order chi connectivity index (χ1) is 9.35. The zero-order valence-electron chi connectivity index (χ0n) is 11.7. The molecule has 0 fully saturated rings. The Morgan fingerprint density at radius 1 is 1.20 bits per heavy atom. The van der Waals surface area contributed by atoms with Gasteiger partial charge in [0.15, 0.2) is 0 Å². The number of hydrogen-bond donors (Lipinski definition) is 7. The van der Waals surface area contributed by atoms with E-state index in [0.717, 1.165) is 0 Å². The summed E-state index contributed by atoms with van der Waals surface area (Å²) < 4.78 is 0. The van der Waals surface area contributed by atoms with E-state index in [4.69, 9.17) is 5.11 Å². The minimum atomic E-state index is -1.30. The fourth-order valence-corrected chi connectivity index (χ4v) is 1.23. The zero-order chi connectivity index (χ0) is 16.2. The van der Waals surface area contributed by atoms with Crippen LogP contribution in [0.4, 0.5) is 0 Å². The van der Waals surface area contributed by atoms with Crippen LogP contribution < -0.4 is 10.6 Å². The van der Waals surface area contributed by atoms with E-state index in [9.17, 15) is 14.7 Å². The number of carbonyl (C=O) groups is 2. The van der Waals surface area contributed by atoms with Gasteiger partial charge in [-0.15, -0.1) is 23.3 Å². The lowest BCUT2D eigenvalue weighted by atomic mass is 9.87. The Morgan fingerprint density at radius 3 is 2.20 bits per heavy atom. The Balaban J connectivity index is 0. The van der Waals surface area contributed by atoms with Gasteiger partial charge in [-0.05, 0) is 0 Å². The maximum absolute atomic E-state index is 11.5. The van der Waals surface area contributed by atoms with Gasteiger partial charge in [-0.25, -0.2) is 0 Å². The topological polar surface area (TPSA) is 98.7 Å². The maximum Gasteiger partial charge on any atom is 0.249 e. The molecule has 0 aliphatic heterocycles. The molecule has 0 heterocycles. The fourth-order valence-electron chi connectivity index (χ4n) is 1.12. The molecule has 0 aromatic rings. The zero-order valence-corrected chi connectivity index (χ0v) is 14.3. The van der Waals surface area contributed by atoms with Crippen LogP contribution in [0.3, 0.4) is 0 Å². The largest absolute Gasteiger partial charge is 0.396 e. The molecule has 0 aliphatic rings. The molecule has 6 nitrogen and oxygen atoms in total. The second kappa shape index (κ2) is 12.6. The lowest BCUT2D eigenvalue weighted by Crippen LogP contribution is -2.46. The van der Waals surface area contributed by atoms with E-state index >= 15 is 0 Å². The molecule has 0 aromatic carbocycles. The molecule has 0 aromatic heterocycles. The molecule has 4 N–H and O–H groups in total. The summed E-state index contributed by atoms with van der Waals surface area (Å²) in [5.74, 6) is -0.210. The summed E-state index contributed by atoms with van der Waals surface area (Å²) in [6.07, 6.45) is -1.16. The van der Waals surface area contributed by atoms with Gasteiger partial charge in [0.1, 0.15) is 6.10 Å². The van der Waals surface area contributed by atoms with Crippen LogP contribution in [0.15, 0.2) is 0 Å². The Hall–Kier alpha value is -0.0900. The summed E-state index contributed by atoms with van der Waals surface area (Å²) in [6, 6.07) is 0. The first-order valence-corrected chi connectivity index (χ1v) is 8.22. The summed E-state index contributed by atoms with van der Waals surface area (Å²) in [4.78, 5) is 22.7. The Bertz CT molecular complexity index is 291.